The smallest absolute Gasteiger partial charge is 0.243 e. The number of carbonyl (C=O) groups excluding carboxylic acids is 2. The van der Waals surface area contributed by atoms with Crippen LogP contribution in [0.25, 0.3) is 0 Å². The molecule has 226 valence electrons. The number of ether oxygens (including phenoxy) is 1. The predicted molar refractivity (Wildman–Crippen MR) is 168 cm³/mol. The number of rotatable bonds is 15. The highest BCUT2D eigenvalue weighted by atomic mass is 35.5. The Morgan fingerprint density at radius 1 is 0.952 bits per heavy atom. The minimum Gasteiger partial charge on any atom is -0.495 e. The second kappa shape index (κ2) is 15.6. The number of halogens is 1. The van der Waals surface area contributed by atoms with Gasteiger partial charge < -0.3 is 15.0 Å². The summed E-state index contributed by atoms with van der Waals surface area (Å²) in [5.41, 5.74) is 2.03. The van der Waals surface area contributed by atoms with Gasteiger partial charge in [-0.25, -0.2) is 8.42 Å². The number of para-hydroxylation sites is 2. The Bertz CT molecular complexity index is 1430. The normalized spacial score (nSPS) is 12.0. The molecule has 0 aliphatic rings. The number of hydrogen-bond donors (Lipinski definition) is 1. The zero-order valence-corrected chi connectivity index (χ0v) is 26.2. The van der Waals surface area contributed by atoms with Crippen LogP contribution in [0.3, 0.4) is 0 Å². The number of sulfonamides is 1. The largest absolute Gasteiger partial charge is 0.495 e. The molecule has 0 aromatic heterocycles. The third-order valence-electron chi connectivity index (χ3n) is 6.76. The van der Waals surface area contributed by atoms with Crippen LogP contribution in [0.1, 0.15) is 37.8 Å². The second-order valence-electron chi connectivity index (χ2n) is 10.6. The fraction of sp³-hybridized carbons (Fsp3) is 0.375. The minimum atomic E-state index is -3.66. The average Bonchev–Trinajstić information content (AvgIpc) is 2.96. The van der Waals surface area contributed by atoms with Gasteiger partial charge in [-0.05, 0) is 41.7 Å². The lowest BCUT2D eigenvalue weighted by Crippen LogP contribution is -2.51. The van der Waals surface area contributed by atoms with Crippen LogP contribution in [-0.2, 0) is 32.6 Å². The fourth-order valence-corrected chi connectivity index (χ4v) is 5.77. The molecule has 0 bridgehead atoms. The van der Waals surface area contributed by atoms with Gasteiger partial charge in [0.05, 0.1) is 19.1 Å². The van der Waals surface area contributed by atoms with Crippen LogP contribution in [0.15, 0.2) is 78.9 Å². The first-order chi connectivity index (χ1) is 20.0. The lowest BCUT2D eigenvalue weighted by molar-refractivity contribution is -0.141. The number of nitrogens with one attached hydrogen (secondary N) is 1. The summed E-state index contributed by atoms with van der Waals surface area (Å²) in [6.45, 7) is 4.68. The number of carbonyl (C=O) groups is 2. The molecule has 0 saturated carbocycles. The lowest BCUT2D eigenvalue weighted by Gasteiger charge is -2.32. The van der Waals surface area contributed by atoms with E-state index in [-0.39, 0.29) is 43.7 Å². The van der Waals surface area contributed by atoms with Crippen LogP contribution in [0, 0.1) is 5.92 Å². The van der Waals surface area contributed by atoms with E-state index in [1.54, 1.807) is 35.2 Å². The number of amides is 2. The van der Waals surface area contributed by atoms with Gasteiger partial charge in [-0.1, -0.05) is 86.1 Å². The summed E-state index contributed by atoms with van der Waals surface area (Å²) < 4.78 is 32.1. The molecule has 3 rings (SSSR count). The molecule has 0 spiro atoms. The first kappa shape index (κ1) is 32.9. The predicted octanol–water partition coefficient (Wildman–Crippen LogP) is 5.31. The number of methoxy groups -OCH3 is 1. The van der Waals surface area contributed by atoms with Gasteiger partial charge in [-0.15, -0.1) is 0 Å². The summed E-state index contributed by atoms with van der Waals surface area (Å²) >= 11 is 6.49. The molecule has 0 saturated heterocycles. The Morgan fingerprint density at radius 2 is 1.60 bits per heavy atom. The molecule has 0 aliphatic carbocycles. The van der Waals surface area contributed by atoms with E-state index in [0.29, 0.717) is 35.0 Å². The third kappa shape index (κ3) is 9.49. The minimum absolute atomic E-state index is 0.0222. The van der Waals surface area contributed by atoms with Crippen molar-refractivity contribution in [1.29, 1.82) is 0 Å². The molecule has 1 N–H and O–H groups in total. The van der Waals surface area contributed by atoms with Gasteiger partial charge in [0.25, 0.3) is 0 Å². The Balaban J connectivity index is 1.90. The summed E-state index contributed by atoms with van der Waals surface area (Å²) in [6, 6.07) is 22.8. The Hall–Kier alpha value is -3.56. The van der Waals surface area contributed by atoms with Crippen LogP contribution >= 0.6 is 11.6 Å². The molecule has 8 nitrogen and oxygen atoms in total. The Labute approximate surface area is 254 Å². The highest BCUT2D eigenvalue weighted by molar-refractivity contribution is 7.92. The number of nitrogens with zero attached hydrogens (tertiary/aromatic N) is 2. The van der Waals surface area contributed by atoms with Crippen molar-refractivity contribution in [2.75, 3.05) is 30.8 Å². The van der Waals surface area contributed by atoms with Crippen molar-refractivity contribution in [2.24, 2.45) is 5.92 Å². The molecule has 0 fully saturated rings. The molecule has 1 atom stereocenters. The summed E-state index contributed by atoms with van der Waals surface area (Å²) in [6.07, 6.45) is 1.70. The molecule has 0 aliphatic heterocycles. The van der Waals surface area contributed by atoms with E-state index in [2.05, 4.69) is 5.32 Å². The van der Waals surface area contributed by atoms with Gasteiger partial charge >= 0.3 is 0 Å². The summed E-state index contributed by atoms with van der Waals surface area (Å²) in [4.78, 5) is 29.1. The van der Waals surface area contributed by atoms with E-state index in [1.807, 2.05) is 62.4 Å². The van der Waals surface area contributed by atoms with Gasteiger partial charge in [-0.2, -0.15) is 0 Å². The van der Waals surface area contributed by atoms with Crippen LogP contribution in [0.4, 0.5) is 5.69 Å². The summed E-state index contributed by atoms with van der Waals surface area (Å²) in [7, 11) is -2.18. The standard InChI is InChI=1S/C32H40ClN3O5S/c1-24(2)22-34-32(38)29(21-25-13-6-5-7-14-25)35(23-26-15-8-9-16-27(26)33)31(37)19-12-20-36(42(4,39)40)28-17-10-11-18-30(28)41-3/h5-11,13-18,24,29H,12,19-23H2,1-4H3,(H,34,38)/t29-/m0/s1. The van der Waals surface area contributed by atoms with Crippen molar-refractivity contribution >= 4 is 39.1 Å². The third-order valence-corrected chi connectivity index (χ3v) is 8.31. The van der Waals surface area contributed by atoms with Gasteiger partial charge in [0, 0.05) is 37.5 Å². The summed E-state index contributed by atoms with van der Waals surface area (Å²) in [5, 5.41) is 3.50. The van der Waals surface area contributed by atoms with Crippen molar-refractivity contribution in [3.63, 3.8) is 0 Å². The average molecular weight is 614 g/mol. The number of benzene rings is 3. The first-order valence-corrected chi connectivity index (χ1v) is 16.2. The topological polar surface area (TPSA) is 96.0 Å². The van der Waals surface area contributed by atoms with Crippen molar-refractivity contribution < 1.29 is 22.7 Å². The first-order valence-electron chi connectivity index (χ1n) is 14.0. The highest BCUT2D eigenvalue weighted by Gasteiger charge is 2.31. The maximum atomic E-state index is 13.9. The van der Waals surface area contributed by atoms with Gasteiger partial charge in [0.1, 0.15) is 11.8 Å². The van der Waals surface area contributed by atoms with E-state index < -0.39 is 16.1 Å². The molecule has 0 radical (unpaired) electrons. The van der Waals surface area contributed by atoms with E-state index >= 15 is 0 Å². The molecular weight excluding hydrogens is 574 g/mol. The van der Waals surface area contributed by atoms with Crippen molar-refractivity contribution in [3.8, 4) is 5.75 Å². The molecule has 3 aromatic rings. The maximum Gasteiger partial charge on any atom is 0.243 e. The van der Waals surface area contributed by atoms with E-state index in [0.717, 1.165) is 11.8 Å². The van der Waals surface area contributed by atoms with Crippen LogP contribution in [0.5, 0.6) is 5.75 Å². The number of hydrogen-bond acceptors (Lipinski definition) is 5. The second-order valence-corrected chi connectivity index (χ2v) is 12.9. The van der Waals surface area contributed by atoms with Crippen molar-refractivity contribution in [2.45, 2.75) is 45.7 Å². The highest BCUT2D eigenvalue weighted by Crippen LogP contribution is 2.30. The molecule has 10 heteroatoms. The molecule has 2 amide bonds. The van der Waals surface area contributed by atoms with E-state index in [1.165, 1.54) is 11.4 Å². The van der Waals surface area contributed by atoms with E-state index in [4.69, 9.17) is 16.3 Å². The van der Waals surface area contributed by atoms with Gasteiger partial charge in [0.15, 0.2) is 0 Å². The van der Waals surface area contributed by atoms with Crippen molar-refractivity contribution in [3.05, 3.63) is 95.0 Å². The molecule has 42 heavy (non-hydrogen) atoms. The van der Waals surface area contributed by atoms with E-state index in [9.17, 15) is 18.0 Å². The zero-order valence-electron chi connectivity index (χ0n) is 24.6. The molecule has 0 heterocycles. The quantitative estimate of drug-likeness (QED) is 0.251. The molecule has 3 aromatic carbocycles. The summed E-state index contributed by atoms with van der Waals surface area (Å²) in [5.74, 6) is 0.124. The molecule has 0 unspecified atom stereocenters. The number of anilines is 1. The fourth-order valence-electron chi connectivity index (χ4n) is 4.60. The maximum absolute atomic E-state index is 13.9. The van der Waals surface area contributed by atoms with Gasteiger partial charge in [0.2, 0.25) is 21.8 Å². The SMILES string of the molecule is COc1ccccc1N(CCCC(=O)N(Cc1ccccc1Cl)[C@@H](Cc1ccccc1)C(=O)NCC(C)C)S(C)(=O)=O. The Morgan fingerprint density at radius 3 is 2.24 bits per heavy atom. The monoisotopic (exact) mass is 613 g/mol. The Kier molecular flexibility index (Phi) is 12.2. The van der Waals surface area contributed by atoms with Crippen molar-refractivity contribution in [1.82, 2.24) is 10.2 Å². The van der Waals surface area contributed by atoms with Crippen LogP contribution in [0.2, 0.25) is 5.02 Å². The molecular formula is C32H40ClN3O5S. The van der Waals surface area contributed by atoms with Crippen LogP contribution < -0.4 is 14.4 Å². The van der Waals surface area contributed by atoms with Crippen LogP contribution in [-0.4, -0.2) is 57.6 Å². The van der Waals surface area contributed by atoms with Gasteiger partial charge in [-0.3, -0.25) is 13.9 Å². The lowest BCUT2D eigenvalue weighted by atomic mass is 10.0. The zero-order chi connectivity index (χ0) is 30.7.